The van der Waals surface area contributed by atoms with Gasteiger partial charge in [0.05, 0.1) is 0 Å². The van der Waals surface area contributed by atoms with E-state index in [4.69, 9.17) is 20.9 Å². The van der Waals surface area contributed by atoms with E-state index in [9.17, 15) is 0 Å². The van der Waals surface area contributed by atoms with Crippen LogP contribution in [-0.2, 0) is 10.6 Å². The Balaban J connectivity index is 2.28. The Hall–Kier alpha value is -1.39. The van der Waals surface area contributed by atoms with Gasteiger partial charge in [-0.25, -0.2) is 0 Å². The fourth-order valence-corrected chi connectivity index (χ4v) is 1.65. The topological polar surface area (TPSA) is 48.2 Å². The van der Waals surface area contributed by atoms with Crippen LogP contribution in [0.4, 0.5) is 0 Å². The minimum absolute atomic E-state index is 0.209. The molecule has 0 radical (unpaired) electrons. The molecular weight excluding hydrogens is 240 g/mol. The van der Waals surface area contributed by atoms with Crippen molar-refractivity contribution in [2.45, 2.75) is 18.9 Å². The van der Waals surface area contributed by atoms with E-state index in [0.29, 0.717) is 18.3 Å². The first kappa shape index (κ1) is 12.1. The van der Waals surface area contributed by atoms with E-state index < -0.39 is 0 Å². The highest BCUT2D eigenvalue weighted by Crippen LogP contribution is 2.23. The van der Waals surface area contributed by atoms with Crippen LogP contribution in [0, 0.1) is 0 Å². The van der Waals surface area contributed by atoms with Crippen molar-refractivity contribution in [1.29, 1.82) is 0 Å². The molecular formula is C12H13ClN2O2. The van der Waals surface area contributed by atoms with Crippen LogP contribution in [0.3, 0.4) is 0 Å². The number of halogens is 1. The quantitative estimate of drug-likeness (QED) is 0.768. The molecule has 4 nitrogen and oxygen atoms in total. The zero-order valence-electron chi connectivity index (χ0n) is 9.47. The molecule has 1 heterocycles. The lowest BCUT2D eigenvalue weighted by molar-refractivity contribution is 0.0833. The summed E-state index contributed by atoms with van der Waals surface area (Å²) in [6.45, 7) is 2.50. The van der Waals surface area contributed by atoms with E-state index in [1.807, 2.05) is 37.3 Å². The first-order chi connectivity index (χ1) is 8.35. The number of hydrogen-bond acceptors (Lipinski definition) is 4. The molecule has 90 valence electrons. The number of rotatable bonds is 5. The molecule has 0 saturated heterocycles. The molecule has 5 heteroatoms. The molecule has 0 N–H and O–H groups in total. The van der Waals surface area contributed by atoms with Crippen molar-refractivity contribution in [2.24, 2.45) is 0 Å². The molecule has 17 heavy (non-hydrogen) atoms. The highest BCUT2D eigenvalue weighted by atomic mass is 35.5. The second kappa shape index (κ2) is 5.80. The molecule has 0 bridgehead atoms. The Kier molecular flexibility index (Phi) is 4.12. The molecule has 1 aromatic carbocycles. The second-order valence-corrected chi connectivity index (χ2v) is 3.69. The molecule has 1 aromatic heterocycles. The molecule has 0 spiro atoms. The maximum Gasteiger partial charge on any atom is 0.241 e. The Morgan fingerprint density at radius 2 is 2.12 bits per heavy atom. The van der Waals surface area contributed by atoms with E-state index in [1.165, 1.54) is 0 Å². The molecule has 0 amide bonds. The Labute approximate surface area is 105 Å². The van der Waals surface area contributed by atoms with Crippen LogP contribution in [0.2, 0.25) is 0 Å². The van der Waals surface area contributed by atoms with Crippen LogP contribution in [0.15, 0.2) is 34.9 Å². The molecule has 0 fully saturated rings. The molecule has 2 rings (SSSR count). The maximum atomic E-state index is 5.64. The summed E-state index contributed by atoms with van der Waals surface area (Å²) >= 11 is 5.63. The summed E-state index contributed by atoms with van der Waals surface area (Å²) < 4.78 is 10.6. The van der Waals surface area contributed by atoms with Gasteiger partial charge in [-0.1, -0.05) is 35.5 Å². The lowest BCUT2D eigenvalue weighted by Crippen LogP contribution is -2.08. The smallest absolute Gasteiger partial charge is 0.241 e. The van der Waals surface area contributed by atoms with E-state index >= 15 is 0 Å². The van der Waals surface area contributed by atoms with Gasteiger partial charge in [-0.15, -0.1) is 11.6 Å². The van der Waals surface area contributed by atoms with Crippen LogP contribution in [-0.4, -0.2) is 16.7 Å². The number of hydrogen-bond donors (Lipinski definition) is 0. The predicted molar refractivity (Wildman–Crippen MR) is 63.8 cm³/mol. The van der Waals surface area contributed by atoms with Crippen LogP contribution < -0.4 is 0 Å². The van der Waals surface area contributed by atoms with Crippen molar-refractivity contribution in [1.82, 2.24) is 10.1 Å². The second-order valence-electron chi connectivity index (χ2n) is 3.43. The van der Waals surface area contributed by atoms with Crippen LogP contribution in [0.25, 0.3) is 0 Å². The van der Waals surface area contributed by atoms with Gasteiger partial charge >= 0.3 is 0 Å². The third kappa shape index (κ3) is 2.84. The zero-order valence-corrected chi connectivity index (χ0v) is 10.2. The molecule has 0 unspecified atom stereocenters. The fraction of sp³-hybridized carbons (Fsp3) is 0.333. The summed E-state index contributed by atoms with van der Waals surface area (Å²) in [6, 6.07) is 9.79. The standard InChI is InChI=1S/C12H13ClN2O2/c1-2-16-11(9-6-4-3-5-7-9)12-14-10(8-13)17-15-12/h3-7,11H,2,8H2,1H3/t11-/m1/s1. The minimum atomic E-state index is -0.304. The lowest BCUT2D eigenvalue weighted by atomic mass is 10.1. The molecule has 0 aliphatic rings. The monoisotopic (exact) mass is 252 g/mol. The summed E-state index contributed by atoms with van der Waals surface area (Å²) in [5, 5.41) is 3.89. The number of ether oxygens (including phenoxy) is 1. The average Bonchev–Trinajstić information content (AvgIpc) is 2.85. The van der Waals surface area contributed by atoms with E-state index in [2.05, 4.69) is 10.1 Å². The Bertz CT molecular complexity index is 459. The van der Waals surface area contributed by atoms with Crippen molar-refractivity contribution in [3.8, 4) is 0 Å². The van der Waals surface area contributed by atoms with Crippen molar-refractivity contribution in [2.75, 3.05) is 6.61 Å². The van der Waals surface area contributed by atoms with Gasteiger partial charge in [-0.3, -0.25) is 0 Å². The maximum absolute atomic E-state index is 5.64. The van der Waals surface area contributed by atoms with Crippen molar-refractivity contribution in [3.63, 3.8) is 0 Å². The Morgan fingerprint density at radius 1 is 1.35 bits per heavy atom. The van der Waals surface area contributed by atoms with Gasteiger partial charge in [0.25, 0.3) is 0 Å². The third-order valence-electron chi connectivity index (χ3n) is 2.27. The SMILES string of the molecule is CCO[C@H](c1ccccc1)c1noc(CCl)n1. The Morgan fingerprint density at radius 3 is 2.71 bits per heavy atom. The third-order valence-corrected chi connectivity index (χ3v) is 2.50. The highest BCUT2D eigenvalue weighted by molar-refractivity contribution is 6.16. The van der Waals surface area contributed by atoms with Crippen LogP contribution in [0.5, 0.6) is 0 Å². The van der Waals surface area contributed by atoms with Gasteiger partial charge in [-0.05, 0) is 12.5 Å². The molecule has 2 aromatic rings. The first-order valence-corrected chi connectivity index (χ1v) is 5.93. The summed E-state index contributed by atoms with van der Waals surface area (Å²) in [6.07, 6.45) is -0.304. The molecule has 0 saturated carbocycles. The summed E-state index contributed by atoms with van der Waals surface area (Å²) in [5.41, 5.74) is 0.997. The predicted octanol–water partition coefficient (Wildman–Crippen LogP) is 2.93. The summed E-state index contributed by atoms with van der Waals surface area (Å²) in [7, 11) is 0. The number of alkyl halides is 1. The summed E-state index contributed by atoms with van der Waals surface area (Å²) in [4.78, 5) is 4.19. The van der Waals surface area contributed by atoms with Crippen molar-refractivity contribution < 1.29 is 9.26 Å². The van der Waals surface area contributed by atoms with Gasteiger partial charge in [0.1, 0.15) is 12.0 Å². The highest BCUT2D eigenvalue weighted by Gasteiger charge is 2.20. The largest absolute Gasteiger partial charge is 0.366 e. The lowest BCUT2D eigenvalue weighted by Gasteiger charge is -2.13. The minimum Gasteiger partial charge on any atom is -0.366 e. The average molecular weight is 253 g/mol. The van der Waals surface area contributed by atoms with Gasteiger partial charge < -0.3 is 9.26 Å². The number of benzene rings is 1. The van der Waals surface area contributed by atoms with Gasteiger partial charge in [0.2, 0.25) is 11.7 Å². The van der Waals surface area contributed by atoms with Crippen LogP contribution in [0.1, 0.15) is 30.3 Å². The van der Waals surface area contributed by atoms with E-state index in [1.54, 1.807) is 0 Å². The van der Waals surface area contributed by atoms with Gasteiger partial charge in [0, 0.05) is 6.61 Å². The van der Waals surface area contributed by atoms with E-state index in [-0.39, 0.29) is 12.0 Å². The summed E-state index contributed by atoms with van der Waals surface area (Å²) in [5.74, 6) is 1.12. The first-order valence-electron chi connectivity index (χ1n) is 5.40. The van der Waals surface area contributed by atoms with E-state index in [0.717, 1.165) is 5.56 Å². The molecule has 1 atom stereocenters. The van der Waals surface area contributed by atoms with Crippen molar-refractivity contribution >= 4 is 11.6 Å². The van der Waals surface area contributed by atoms with Crippen LogP contribution >= 0.6 is 11.6 Å². The number of aromatic nitrogens is 2. The molecule has 0 aliphatic heterocycles. The van der Waals surface area contributed by atoms with Crippen molar-refractivity contribution in [3.05, 3.63) is 47.6 Å². The normalized spacial score (nSPS) is 12.6. The van der Waals surface area contributed by atoms with Gasteiger partial charge in [0.15, 0.2) is 0 Å². The van der Waals surface area contributed by atoms with Gasteiger partial charge in [-0.2, -0.15) is 4.98 Å². The molecule has 0 aliphatic carbocycles. The zero-order chi connectivity index (χ0) is 12.1. The fourth-order valence-electron chi connectivity index (χ4n) is 1.54. The number of nitrogens with zero attached hydrogens (tertiary/aromatic N) is 2.